The van der Waals surface area contributed by atoms with Crippen LogP contribution in [-0.2, 0) is 0 Å². The molecule has 0 N–H and O–H groups in total. The van der Waals surface area contributed by atoms with Crippen molar-refractivity contribution in [3.8, 4) is 17.6 Å². The van der Waals surface area contributed by atoms with Crippen molar-refractivity contribution in [3.63, 3.8) is 0 Å². The zero-order chi connectivity index (χ0) is 12.0. The molecule has 0 aliphatic heterocycles. The first-order valence-corrected chi connectivity index (χ1v) is 5.49. The highest BCUT2D eigenvalue weighted by Crippen LogP contribution is 2.17. The fourth-order valence-corrected chi connectivity index (χ4v) is 1.22. The Labute approximate surface area is 96.6 Å². The standard InChI is InChI=1S/C14H17FO/c1-4-11(2)6-5-7-12-8-9-14(16-3)13(15)10-12/h8-11H,4,6H2,1-3H3. The van der Waals surface area contributed by atoms with Gasteiger partial charge in [-0.15, -0.1) is 0 Å². The Bertz CT molecular complexity index is 401. The van der Waals surface area contributed by atoms with E-state index in [1.807, 2.05) is 0 Å². The van der Waals surface area contributed by atoms with Crippen LogP contribution in [0.1, 0.15) is 32.3 Å². The van der Waals surface area contributed by atoms with Gasteiger partial charge in [-0.2, -0.15) is 0 Å². The SMILES string of the molecule is CCC(C)CC#Cc1ccc(OC)c(F)c1. The van der Waals surface area contributed by atoms with Gasteiger partial charge in [-0.05, 0) is 24.1 Å². The van der Waals surface area contributed by atoms with E-state index in [-0.39, 0.29) is 11.6 Å². The van der Waals surface area contributed by atoms with Gasteiger partial charge in [-0.3, -0.25) is 0 Å². The fraction of sp³-hybridized carbons (Fsp3) is 0.429. The van der Waals surface area contributed by atoms with Crippen LogP contribution >= 0.6 is 0 Å². The summed E-state index contributed by atoms with van der Waals surface area (Å²) >= 11 is 0. The van der Waals surface area contributed by atoms with Crippen LogP contribution in [0.25, 0.3) is 0 Å². The van der Waals surface area contributed by atoms with Crippen molar-refractivity contribution < 1.29 is 9.13 Å². The summed E-state index contributed by atoms with van der Waals surface area (Å²) in [5.74, 6) is 6.50. The predicted molar refractivity (Wildman–Crippen MR) is 63.9 cm³/mol. The van der Waals surface area contributed by atoms with Crippen molar-refractivity contribution in [2.45, 2.75) is 26.7 Å². The zero-order valence-corrected chi connectivity index (χ0v) is 10.0. The van der Waals surface area contributed by atoms with Crippen LogP contribution in [0, 0.1) is 23.6 Å². The van der Waals surface area contributed by atoms with E-state index in [4.69, 9.17) is 4.74 Å². The topological polar surface area (TPSA) is 9.23 Å². The number of methoxy groups -OCH3 is 1. The summed E-state index contributed by atoms with van der Waals surface area (Å²) in [6.45, 7) is 4.29. The first-order chi connectivity index (χ1) is 7.67. The number of ether oxygens (including phenoxy) is 1. The molecule has 0 spiro atoms. The van der Waals surface area contributed by atoms with Gasteiger partial charge in [0, 0.05) is 12.0 Å². The molecule has 1 rings (SSSR count). The molecule has 0 radical (unpaired) electrons. The predicted octanol–water partition coefficient (Wildman–Crippen LogP) is 3.62. The van der Waals surface area contributed by atoms with Gasteiger partial charge in [-0.25, -0.2) is 4.39 Å². The molecule has 0 bridgehead atoms. The summed E-state index contributed by atoms with van der Waals surface area (Å²) in [7, 11) is 1.45. The maximum Gasteiger partial charge on any atom is 0.166 e. The second kappa shape index (κ2) is 6.17. The van der Waals surface area contributed by atoms with Crippen LogP contribution in [0.2, 0.25) is 0 Å². The smallest absolute Gasteiger partial charge is 0.166 e. The van der Waals surface area contributed by atoms with E-state index in [0.717, 1.165) is 12.8 Å². The van der Waals surface area contributed by atoms with E-state index in [1.165, 1.54) is 13.2 Å². The Morgan fingerprint density at radius 2 is 2.19 bits per heavy atom. The number of halogens is 1. The summed E-state index contributed by atoms with van der Waals surface area (Å²) in [4.78, 5) is 0. The Morgan fingerprint density at radius 3 is 2.75 bits per heavy atom. The first kappa shape index (κ1) is 12.6. The van der Waals surface area contributed by atoms with E-state index in [9.17, 15) is 4.39 Å². The van der Waals surface area contributed by atoms with Gasteiger partial charge in [0.05, 0.1) is 7.11 Å². The molecule has 2 heteroatoms. The van der Waals surface area contributed by atoms with Crippen LogP contribution in [0.4, 0.5) is 4.39 Å². The third kappa shape index (κ3) is 3.58. The van der Waals surface area contributed by atoms with Gasteiger partial charge in [-0.1, -0.05) is 32.1 Å². The monoisotopic (exact) mass is 220 g/mol. The lowest BCUT2D eigenvalue weighted by atomic mass is 10.1. The molecule has 1 nitrogen and oxygen atoms in total. The minimum absolute atomic E-state index is 0.257. The second-order valence-corrected chi connectivity index (χ2v) is 3.87. The summed E-state index contributed by atoms with van der Waals surface area (Å²) in [6.07, 6.45) is 1.97. The number of rotatable bonds is 3. The molecule has 0 heterocycles. The van der Waals surface area contributed by atoms with E-state index in [0.29, 0.717) is 11.5 Å². The van der Waals surface area contributed by atoms with Gasteiger partial charge in [0.1, 0.15) is 0 Å². The summed E-state index contributed by atoms with van der Waals surface area (Å²) in [5.41, 5.74) is 0.696. The van der Waals surface area contributed by atoms with Gasteiger partial charge in [0.25, 0.3) is 0 Å². The Balaban J connectivity index is 2.71. The van der Waals surface area contributed by atoms with Crippen molar-refractivity contribution in [1.29, 1.82) is 0 Å². The lowest BCUT2D eigenvalue weighted by Gasteiger charge is -2.01. The second-order valence-electron chi connectivity index (χ2n) is 3.87. The summed E-state index contributed by atoms with van der Waals surface area (Å²) in [5, 5.41) is 0. The van der Waals surface area contributed by atoms with Crippen molar-refractivity contribution in [3.05, 3.63) is 29.6 Å². The van der Waals surface area contributed by atoms with Crippen molar-refractivity contribution in [2.75, 3.05) is 7.11 Å². The minimum Gasteiger partial charge on any atom is -0.494 e. The largest absolute Gasteiger partial charge is 0.494 e. The minimum atomic E-state index is -0.363. The van der Waals surface area contributed by atoms with E-state index < -0.39 is 0 Å². The maximum atomic E-state index is 13.3. The molecule has 1 atom stereocenters. The number of benzene rings is 1. The third-order valence-corrected chi connectivity index (χ3v) is 2.53. The fourth-order valence-electron chi connectivity index (χ4n) is 1.22. The van der Waals surface area contributed by atoms with Crippen LogP contribution < -0.4 is 4.74 Å². The first-order valence-electron chi connectivity index (χ1n) is 5.49. The Hall–Kier alpha value is -1.49. The van der Waals surface area contributed by atoms with Gasteiger partial charge < -0.3 is 4.74 Å². The quantitative estimate of drug-likeness (QED) is 0.707. The molecule has 0 aromatic heterocycles. The molecule has 86 valence electrons. The lowest BCUT2D eigenvalue weighted by molar-refractivity contribution is 0.386. The van der Waals surface area contributed by atoms with Crippen LogP contribution in [0.5, 0.6) is 5.75 Å². The third-order valence-electron chi connectivity index (χ3n) is 2.53. The highest BCUT2D eigenvalue weighted by molar-refractivity contribution is 5.39. The normalized spacial score (nSPS) is 11.5. The van der Waals surface area contributed by atoms with Crippen molar-refractivity contribution in [2.24, 2.45) is 5.92 Å². The lowest BCUT2D eigenvalue weighted by Crippen LogP contribution is -1.90. The van der Waals surface area contributed by atoms with Crippen molar-refractivity contribution in [1.82, 2.24) is 0 Å². The molecular formula is C14H17FO. The number of hydrogen-bond acceptors (Lipinski definition) is 1. The highest BCUT2D eigenvalue weighted by atomic mass is 19.1. The summed E-state index contributed by atoms with van der Waals surface area (Å²) in [6, 6.07) is 4.77. The Morgan fingerprint density at radius 1 is 1.44 bits per heavy atom. The van der Waals surface area contributed by atoms with Gasteiger partial charge >= 0.3 is 0 Å². The van der Waals surface area contributed by atoms with E-state index >= 15 is 0 Å². The molecule has 0 saturated carbocycles. The highest BCUT2D eigenvalue weighted by Gasteiger charge is 2.01. The van der Waals surface area contributed by atoms with Crippen LogP contribution in [0.15, 0.2) is 18.2 Å². The van der Waals surface area contributed by atoms with Crippen LogP contribution in [0.3, 0.4) is 0 Å². The molecule has 16 heavy (non-hydrogen) atoms. The van der Waals surface area contributed by atoms with E-state index in [2.05, 4.69) is 25.7 Å². The summed E-state index contributed by atoms with van der Waals surface area (Å²) < 4.78 is 18.1. The molecule has 0 amide bonds. The molecule has 0 aliphatic carbocycles. The number of hydrogen-bond donors (Lipinski definition) is 0. The van der Waals surface area contributed by atoms with Crippen molar-refractivity contribution >= 4 is 0 Å². The molecule has 0 saturated heterocycles. The molecule has 1 aromatic rings. The maximum absolute atomic E-state index is 13.3. The molecule has 0 aliphatic rings. The molecular weight excluding hydrogens is 203 g/mol. The zero-order valence-electron chi connectivity index (χ0n) is 10.0. The van der Waals surface area contributed by atoms with E-state index in [1.54, 1.807) is 12.1 Å². The molecule has 1 unspecified atom stereocenters. The average Bonchev–Trinajstić information content (AvgIpc) is 2.29. The van der Waals surface area contributed by atoms with Gasteiger partial charge in [0.15, 0.2) is 11.6 Å². The average molecular weight is 220 g/mol. The van der Waals surface area contributed by atoms with Crippen LogP contribution in [-0.4, -0.2) is 7.11 Å². The van der Waals surface area contributed by atoms with Gasteiger partial charge in [0.2, 0.25) is 0 Å². The molecule has 0 fully saturated rings. The molecule has 1 aromatic carbocycles. The Kier molecular flexibility index (Phi) is 4.85.